The van der Waals surface area contributed by atoms with Gasteiger partial charge in [-0.1, -0.05) is 18.2 Å². The summed E-state index contributed by atoms with van der Waals surface area (Å²) in [5.74, 6) is 1.42. The molecule has 0 bridgehead atoms. The third-order valence-electron chi connectivity index (χ3n) is 5.13. The fraction of sp³-hybridized carbons (Fsp3) is 0.182. The highest BCUT2D eigenvalue weighted by Gasteiger charge is 2.21. The third-order valence-corrected chi connectivity index (χ3v) is 5.13. The van der Waals surface area contributed by atoms with Crippen molar-refractivity contribution in [2.45, 2.75) is 0 Å². The maximum absolute atomic E-state index is 11.1. The average molecular weight is 415 g/mol. The Morgan fingerprint density at radius 3 is 2.45 bits per heavy atom. The number of carbonyl (C=O) groups is 1. The maximum atomic E-state index is 11.1. The van der Waals surface area contributed by atoms with Crippen LogP contribution in [0.5, 0.6) is 0 Å². The van der Waals surface area contributed by atoms with Crippen LogP contribution in [0.4, 0.5) is 16.3 Å². The van der Waals surface area contributed by atoms with E-state index >= 15 is 0 Å². The van der Waals surface area contributed by atoms with E-state index < -0.39 is 6.03 Å². The topological polar surface area (TPSA) is 111 Å². The molecular formula is C22H21N7O2. The highest BCUT2D eigenvalue weighted by atomic mass is 16.5. The number of benzene rings is 2. The second-order valence-electron chi connectivity index (χ2n) is 7.17. The zero-order valence-electron chi connectivity index (χ0n) is 16.7. The summed E-state index contributed by atoms with van der Waals surface area (Å²) in [6, 6.07) is 16.6. The lowest BCUT2D eigenvalue weighted by molar-refractivity contribution is 0.122. The zero-order chi connectivity index (χ0) is 21.2. The molecule has 0 saturated carbocycles. The van der Waals surface area contributed by atoms with Crippen molar-refractivity contribution >= 4 is 28.6 Å². The maximum Gasteiger partial charge on any atom is 0.316 e. The Morgan fingerprint density at radius 2 is 1.74 bits per heavy atom. The molecule has 9 nitrogen and oxygen atoms in total. The van der Waals surface area contributed by atoms with Gasteiger partial charge in [0.25, 0.3) is 0 Å². The number of hydrogen-bond acceptors (Lipinski definition) is 6. The number of aromatic nitrogens is 4. The molecule has 2 amide bonds. The Hall–Kier alpha value is -3.98. The van der Waals surface area contributed by atoms with Gasteiger partial charge in [-0.2, -0.15) is 5.10 Å². The van der Waals surface area contributed by atoms with E-state index in [2.05, 4.69) is 15.3 Å². The first-order valence-corrected chi connectivity index (χ1v) is 10.00. The summed E-state index contributed by atoms with van der Waals surface area (Å²) < 4.78 is 7.34. The van der Waals surface area contributed by atoms with Crippen molar-refractivity contribution in [3.63, 3.8) is 0 Å². The first-order chi connectivity index (χ1) is 15.2. The largest absolute Gasteiger partial charge is 0.378 e. The van der Waals surface area contributed by atoms with Crippen LogP contribution in [-0.2, 0) is 4.74 Å². The minimum Gasteiger partial charge on any atom is -0.378 e. The smallest absolute Gasteiger partial charge is 0.316 e. The molecule has 0 spiro atoms. The predicted octanol–water partition coefficient (Wildman–Crippen LogP) is 2.81. The van der Waals surface area contributed by atoms with Crippen LogP contribution in [0.3, 0.4) is 0 Å². The number of urea groups is 1. The minimum atomic E-state index is -0.605. The molecule has 0 atom stereocenters. The van der Waals surface area contributed by atoms with E-state index in [0.29, 0.717) is 24.7 Å². The SMILES string of the molecule is NC(=O)Nc1ccc(-c2nc(N3CCOCC3)c3cnn(-c4ccccc4)c3n2)cc1. The Labute approximate surface area is 178 Å². The molecule has 9 heteroatoms. The molecule has 156 valence electrons. The average Bonchev–Trinajstić information content (AvgIpc) is 3.24. The lowest BCUT2D eigenvalue weighted by Crippen LogP contribution is -2.37. The highest BCUT2D eigenvalue weighted by Crippen LogP contribution is 2.30. The Kier molecular flexibility index (Phi) is 4.93. The fourth-order valence-corrected chi connectivity index (χ4v) is 3.64. The number of morpholine rings is 1. The van der Waals surface area contributed by atoms with Crippen LogP contribution in [0.2, 0.25) is 0 Å². The minimum absolute atomic E-state index is 0.581. The van der Waals surface area contributed by atoms with Gasteiger partial charge >= 0.3 is 6.03 Å². The van der Waals surface area contributed by atoms with Crippen molar-refractivity contribution in [2.24, 2.45) is 5.73 Å². The number of carbonyl (C=O) groups excluding carboxylic acids is 1. The molecule has 1 aliphatic heterocycles. The molecular weight excluding hydrogens is 394 g/mol. The Balaban J connectivity index is 1.64. The van der Waals surface area contributed by atoms with Crippen molar-refractivity contribution in [1.29, 1.82) is 0 Å². The summed E-state index contributed by atoms with van der Waals surface area (Å²) in [5.41, 5.74) is 8.30. The number of para-hydroxylation sites is 1. The number of nitrogens with two attached hydrogens (primary N) is 1. The van der Waals surface area contributed by atoms with Gasteiger partial charge in [-0.25, -0.2) is 19.4 Å². The van der Waals surface area contributed by atoms with E-state index in [1.807, 2.05) is 53.3 Å². The summed E-state index contributed by atoms with van der Waals surface area (Å²) in [5, 5.41) is 8.05. The molecule has 5 rings (SSSR count). The van der Waals surface area contributed by atoms with Crippen LogP contribution >= 0.6 is 0 Å². The van der Waals surface area contributed by atoms with Crippen LogP contribution in [0.15, 0.2) is 60.8 Å². The normalized spacial score (nSPS) is 14.0. The molecule has 2 aromatic carbocycles. The molecule has 1 fully saturated rings. The second-order valence-corrected chi connectivity index (χ2v) is 7.17. The lowest BCUT2D eigenvalue weighted by atomic mass is 10.2. The quantitative estimate of drug-likeness (QED) is 0.530. The van der Waals surface area contributed by atoms with Gasteiger partial charge in [0.05, 0.1) is 30.5 Å². The van der Waals surface area contributed by atoms with E-state index in [0.717, 1.165) is 41.2 Å². The van der Waals surface area contributed by atoms with Crippen LogP contribution in [-0.4, -0.2) is 52.1 Å². The Bertz CT molecular complexity index is 1220. The van der Waals surface area contributed by atoms with Gasteiger partial charge in [0.1, 0.15) is 5.82 Å². The summed E-state index contributed by atoms with van der Waals surface area (Å²) in [6.45, 7) is 2.81. The van der Waals surface area contributed by atoms with Crippen LogP contribution in [0, 0.1) is 0 Å². The van der Waals surface area contributed by atoms with Crippen molar-refractivity contribution < 1.29 is 9.53 Å². The molecule has 3 N–H and O–H groups in total. The number of primary amides is 1. The van der Waals surface area contributed by atoms with Gasteiger partial charge in [0, 0.05) is 24.3 Å². The fourth-order valence-electron chi connectivity index (χ4n) is 3.64. The molecule has 0 aliphatic carbocycles. The third kappa shape index (κ3) is 3.78. The predicted molar refractivity (Wildman–Crippen MR) is 118 cm³/mol. The molecule has 0 radical (unpaired) electrons. The van der Waals surface area contributed by atoms with Crippen molar-refractivity contribution in [3.05, 3.63) is 60.8 Å². The van der Waals surface area contributed by atoms with Crippen LogP contribution < -0.4 is 16.0 Å². The standard InChI is InChI=1S/C22H21N7O2/c23-22(30)25-16-8-6-15(7-9-16)19-26-20(28-10-12-31-13-11-28)18-14-24-29(21(18)27-19)17-4-2-1-3-5-17/h1-9,14H,10-13H2,(H3,23,25,30). The van der Waals surface area contributed by atoms with E-state index in [-0.39, 0.29) is 0 Å². The number of anilines is 2. The lowest BCUT2D eigenvalue weighted by Gasteiger charge is -2.28. The summed E-state index contributed by atoms with van der Waals surface area (Å²) in [7, 11) is 0. The zero-order valence-corrected chi connectivity index (χ0v) is 16.7. The number of rotatable bonds is 4. The molecule has 2 aromatic heterocycles. The Morgan fingerprint density at radius 1 is 1.00 bits per heavy atom. The van der Waals surface area contributed by atoms with E-state index in [9.17, 15) is 4.79 Å². The number of nitrogens with zero attached hydrogens (tertiary/aromatic N) is 5. The summed E-state index contributed by atoms with van der Waals surface area (Å²) in [6.07, 6.45) is 1.82. The molecule has 0 unspecified atom stereocenters. The van der Waals surface area contributed by atoms with Crippen molar-refractivity contribution in [1.82, 2.24) is 19.7 Å². The van der Waals surface area contributed by atoms with E-state index in [1.54, 1.807) is 12.1 Å². The number of hydrogen-bond donors (Lipinski definition) is 2. The number of fused-ring (bicyclic) bond motifs is 1. The van der Waals surface area contributed by atoms with Crippen molar-refractivity contribution in [2.75, 3.05) is 36.5 Å². The van der Waals surface area contributed by atoms with E-state index in [4.69, 9.17) is 20.4 Å². The van der Waals surface area contributed by atoms with Gasteiger partial charge in [-0.05, 0) is 36.4 Å². The summed E-state index contributed by atoms with van der Waals surface area (Å²) in [4.78, 5) is 23.0. The molecule has 4 aromatic rings. The summed E-state index contributed by atoms with van der Waals surface area (Å²) >= 11 is 0. The van der Waals surface area contributed by atoms with Gasteiger partial charge in [0.15, 0.2) is 11.5 Å². The first kappa shape index (κ1) is 19.0. The van der Waals surface area contributed by atoms with Crippen molar-refractivity contribution in [3.8, 4) is 17.1 Å². The van der Waals surface area contributed by atoms with Gasteiger partial charge in [-0.3, -0.25) is 0 Å². The van der Waals surface area contributed by atoms with Crippen LogP contribution in [0.25, 0.3) is 28.1 Å². The molecule has 1 saturated heterocycles. The molecule has 31 heavy (non-hydrogen) atoms. The first-order valence-electron chi connectivity index (χ1n) is 10.00. The number of amides is 2. The number of nitrogens with one attached hydrogen (secondary N) is 1. The highest BCUT2D eigenvalue weighted by molar-refractivity contribution is 5.90. The molecule has 3 heterocycles. The molecule has 1 aliphatic rings. The second kappa shape index (κ2) is 8.04. The monoisotopic (exact) mass is 415 g/mol. The van der Waals surface area contributed by atoms with Gasteiger partial charge in [-0.15, -0.1) is 0 Å². The van der Waals surface area contributed by atoms with Crippen LogP contribution in [0.1, 0.15) is 0 Å². The number of ether oxygens (including phenoxy) is 1. The van der Waals surface area contributed by atoms with Gasteiger partial charge < -0.3 is 20.7 Å². The van der Waals surface area contributed by atoms with Gasteiger partial charge in [0.2, 0.25) is 0 Å². The van der Waals surface area contributed by atoms with E-state index in [1.165, 1.54) is 0 Å².